The number of phenols is 1. The Labute approximate surface area is 216 Å². The third-order valence-corrected chi connectivity index (χ3v) is 10.3. The van der Waals surface area contributed by atoms with Gasteiger partial charge in [0.05, 0.1) is 5.30 Å². The summed E-state index contributed by atoms with van der Waals surface area (Å²) < 4.78 is 22.7. The highest BCUT2D eigenvalue weighted by Crippen LogP contribution is 2.71. The summed E-state index contributed by atoms with van der Waals surface area (Å²) in [5.74, 6) is 0.711. The molecule has 0 saturated carbocycles. The number of anilines is 1. The minimum Gasteiger partial charge on any atom is -0.508 e. The van der Waals surface area contributed by atoms with Crippen molar-refractivity contribution in [3.8, 4) is 22.6 Å². The smallest absolute Gasteiger partial charge is 0.296 e. The Morgan fingerprint density at radius 3 is 1.84 bits per heavy atom. The Bertz CT molecular complexity index is 1530. The fraction of sp³-hybridized carbons (Fsp3) is 0.0625. The summed E-state index contributed by atoms with van der Waals surface area (Å²) in [6.07, 6.45) is 0. The summed E-state index contributed by atoms with van der Waals surface area (Å²) in [7, 11) is -3.81. The third-order valence-electron chi connectivity index (χ3n) is 7.15. The molecule has 0 spiro atoms. The standard InChI is InChI=1S/C32H26NO3P/c1-22-10-12-23(13-11-22)32(24-14-18-26(33)19-15-24,25-16-20-27(34)21-17-25)37(35)31-9-5-3-7-29(31)28-6-2-4-8-30(28)36-37/h2-21,34H,33H2,1H3. The molecule has 1 aliphatic heterocycles. The number of rotatable bonds is 4. The SMILES string of the molecule is Cc1ccc(C(c2ccc(N)cc2)(c2ccc(O)cc2)P2(=O)Oc3ccccc3-c3ccccc32)cc1. The molecule has 0 saturated heterocycles. The molecule has 0 bridgehead atoms. The van der Waals surface area contributed by atoms with Crippen LogP contribution in [0.4, 0.5) is 5.69 Å². The van der Waals surface area contributed by atoms with Crippen LogP contribution in [0.15, 0.2) is 121 Å². The molecule has 2 unspecified atom stereocenters. The van der Waals surface area contributed by atoms with Crippen molar-refractivity contribution in [3.05, 3.63) is 144 Å². The molecule has 0 fully saturated rings. The Kier molecular flexibility index (Phi) is 5.43. The topological polar surface area (TPSA) is 72.5 Å². The highest BCUT2D eigenvalue weighted by molar-refractivity contribution is 7.69. The Morgan fingerprint density at radius 2 is 1.19 bits per heavy atom. The lowest BCUT2D eigenvalue weighted by Crippen LogP contribution is -2.38. The number of fused-ring (bicyclic) bond motifs is 3. The Morgan fingerprint density at radius 1 is 0.676 bits per heavy atom. The maximum absolute atomic E-state index is 16.0. The number of hydrogen-bond donors (Lipinski definition) is 2. The molecule has 0 radical (unpaired) electrons. The molecule has 6 rings (SSSR count). The highest BCUT2D eigenvalue weighted by atomic mass is 31.2. The monoisotopic (exact) mass is 503 g/mol. The van der Waals surface area contributed by atoms with Gasteiger partial charge in [-0.3, -0.25) is 4.57 Å². The lowest BCUT2D eigenvalue weighted by molar-refractivity contribution is 0.466. The molecule has 5 aromatic carbocycles. The van der Waals surface area contributed by atoms with Gasteiger partial charge in [-0.25, -0.2) is 0 Å². The number of benzene rings is 5. The number of phenolic OH excluding ortho intramolecular Hbond substituents is 1. The van der Waals surface area contributed by atoms with Crippen molar-refractivity contribution in [2.75, 3.05) is 5.73 Å². The number of aryl methyl sites for hydroxylation is 1. The van der Waals surface area contributed by atoms with Crippen molar-refractivity contribution in [1.29, 1.82) is 0 Å². The van der Waals surface area contributed by atoms with Crippen LogP contribution in [0.2, 0.25) is 0 Å². The molecule has 0 aliphatic carbocycles. The zero-order chi connectivity index (χ0) is 25.6. The van der Waals surface area contributed by atoms with Crippen LogP contribution in [-0.2, 0) is 9.72 Å². The summed E-state index contributed by atoms with van der Waals surface area (Å²) >= 11 is 0. The van der Waals surface area contributed by atoms with Gasteiger partial charge in [-0.1, -0.05) is 90.5 Å². The van der Waals surface area contributed by atoms with E-state index >= 15 is 4.57 Å². The van der Waals surface area contributed by atoms with E-state index in [1.54, 1.807) is 12.1 Å². The number of aromatic hydroxyl groups is 1. The average Bonchev–Trinajstić information content (AvgIpc) is 2.92. The minimum atomic E-state index is -3.81. The first-order valence-electron chi connectivity index (χ1n) is 12.1. The molecule has 2 atom stereocenters. The van der Waals surface area contributed by atoms with Crippen LogP contribution in [0.3, 0.4) is 0 Å². The van der Waals surface area contributed by atoms with E-state index in [-0.39, 0.29) is 5.75 Å². The first kappa shape index (κ1) is 23.1. The average molecular weight is 504 g/mol. The molecule has 37 heavy (non-hydrogen) atoms. The molecule has 1 aliphatic rings. The predicted octanol–water partition coefficient (Wildman–Crippen LogP) is 7.24. The number of para-hydroxylation sites is 1. The first-order chi connectivity index (χ1) is 17.9. The van der Waals surface area contributed by atoms with E-state index in [4.69, 9.17) is 10.3 Å². The molecule has 5 aromatic rings. The Balaban J connectivity index is 1.79. The van der Waals surface area contributed by atoms with E-state index in [9.17, 15) is 5.11 Å². The summed E-state index contributed by atoms with van der Waals surface area (Å²) in [5.41, 5.74) is 12.0. The zero-order valence-corrected chi connectivity index (χ0v) is 21.2. The quantitative estimate of drug-likeness (QED) is 0.154. The summed E-state index contributed by atoms with van der Waals surface area (Å²) in [5, 5.41) is 9.60. The maximum Gasteiger partial charge on any atom is 0.296 e. The van der Waals surface area contributed by atoms with Gasteiger partial charge >= 0.3 is 0 Å². The van der Waals surface area contributed by atoms with Gasteiger partial charge < -0.3 is 15.4 Å². The van der Waals surface area contributed by atoms with Gasteiger partial charge in [0.1, 0.15) is 16.7 Å². The molecule has 1 heterocycles. The van der Waals surface area contributed by atoms with Gasteiger partial charge in [-0.2, -0.15) is 0 Å². The zero-order valence-electron chi connectivity index (χ0n) is 20.3. The molecule has 5 heteroatoms. The van der Waals surface area contributed by atoms with Crippen LogP contribution in [0.1, 0.15) is 22.3 Å². The van der Waals surface area contributed by atoms with Crippen molar-refractivity contribution in [1.82, 2.24) is 0 Å². The van der Waals surface area contributed by atoms with Crippen LogP contribution in [0, 0.1) is 6.92 Å². The third kappa shape index (κ3) is 3.48. The number of nitrogen functional groups attached to an aromatic ring is 1. The van der Waals surface area contributed by atoms with Crippen LogP contribution in [0.5, 0.6) is 11.5 Å². The molecular formula is C32H26NO3P. The van der Waals surface area contributed by atoms with E-state index in [0.717, 1.165) is 33.4 Å². The van der Waals surface area contributed by atoms with E-state index in [2.05, 4.69) is 0 Å². The lowest BCUT2D eigenvalue weighted by Gasteiger charge is -2.44. The van der Waals surface area contributed by atoms with Crippen molar-refractivity contribution in [3.63, 3.8) is 0 Å². The fourth-order valence-corrected chi connectivity index (χ4v) is 8.69. The van der Waals surface area contributed by atoms with Gasteiger partial charge in [0.15, 0.2) is 0 Å². The van der Waals surface area contributed by atoms with E-state index < -0.39 is 12.5 Å². The van der Waals surface area contributed by atoms with Gasteiger partial charge in [-0.05, 0) is 65.6 Å². The summed E-state index contributed by atoms with van der Waals surface area (Å²) in [6, 6.07) is 38.0. The fourth-order valence-electron chi connectivity index (χ4n) is 5.40. The first-order valence-corrected chi connectivity index (χ1v) is 13.8. The van der Waals surface area contributed by atoms with Crippen molar-refractivity contribution in [2.24, 2.45) is 0 Å². The molecule has 182 valence electrons. The van der Waals surface area contributed by atoms with Gasteiger partial charge in [0, 0.05) is 11.3 Å². The van der Waals surface area contributed by atoms with Crippen LogP contribution >= 0.6 is 7.37 Å². The van der Waals surface area contributed by atoms with Gasteiger partial charge in [0.25, 0.3) is 7.37 Å². The molecule has 0 amide bonds. The van der Waals surface area contributed by atoms with E-state index in [1.165, 1.54) is 0 Å². The lowest BCUT2D eigenvalue weighted by atomic mass is 9.83. The van der Waals surface area contributed by atoms with Crippen molar-refractivity contribution in [2.45, 2.75) is 12.1 Å². The second-order valence-corrected chi connectivity index (χ2v) is 11.8. The minimum absolute atomic E-state index is 0.132. The maximum atomic E-state index is 16.0. The second kappa shape index (κ2) is 8.69. The van der Waals surface area contributed by atoms with Crippen molar-refractivity contribution < 1.29 is 14.2 Å². The van der Waals surface area contributed by atoms with Gasteiger partial charge in [-0.15, -0.1) is 0 Å². The Hall–Kier alpha value is -4.27. The van der Waals surface area contributed by atoms with Crippen LogP contribution in [0.25, 0.3) is 11.1 Å². The molecule has 0 aromatic heterocycles. The van der Waals surface area contributed by atoms with E-state index in [1.807, 2.05) is 116 Å². The van der Waals surface area contributed by atoms with Crippen LogP contribution < -0.4 is 15.6 Å². The normalized spacial score (nSPS) is 17.6. The van der Waals surface area contributed by atoms with Crippen LogP contribution in [-0.4, -0.2) is 5.11 Å². The predicted molar refractivity (Wildman–Crippen MR) is 150 cm³/mol. The summed E-state index contributed by atoms with van der Waals surface area (Å²) in [4.78, 5) is 0. The van der Waals surface area contributed by atoms with Gasteiger partial charge in [0.2, 0.25) is 0 Å². The summed E-state index contributed by atoms with van der Waals surface area (Å²) in [6.45, 7) is 2.03. The van der Waals surface area contributed by atoms with E-state index in [0.29, 0.717) is 16.7 Å². The number of hydrogen-bond acceptors (Lipinski definition) is 4. The molecule has 3 N–H and O–H groups in total. The largest absolute Gasteiger partial charge is 0.508 e. The molecular weight excluding hydrogens is 477 g/mol. The molecule has 4 nitrogen and oxygen atoms in total. The second-order valence-electron chi connectivity index (χ2n) is 9.40. The highest BCUT2D eigenvalue weighted by Gasteiger charge is 2.57. The van der Waals surface area contributed by atoms with Crippen molar-refractivity contribution >= 4 is 18.4 Å². The number of nitrogens with two attached hydrogens (primary N) is 1.